The fourth-order valence-electron chi connectivity index (χ4n) is 3.74. The molecule has 1 heterocycles. The molecule has 2 fully saturated rings. The number of ether oxygens (including phenoxy) is 1. The summed E-state index contributed by atoms with van der Waals surface area (Å²) in [7, 11) is 0. The quantitative estimate of drug-likeness (QED) is 0.798. The Kier molecular flexibility index (Phi) is 5.63. The van der Waals surface area contributed by atoms with Crippen molar-refractivity contribution in [1.82, 2.24) is 10.2 Å². The number of hydrogen-bond donors (Lipinski definition) is 2. The van der Waals surface area contributed by atoms with Crippen molar-refractivity contribution in [1.29, 1.82) is 0 Å². The van der Waals surface area contributed by atoms with E-state index in [2.05, 4.69) is 17.1 Å². The topological polar surface area (TPSA) is 67.6 Å². The molecular formula is C16H31N3O2. The molecule has 0 aromatic carbocycles. The molecule has 0 aromatic heterocycles. The Balaban J connectivity index is 2.05. The summed E-state index contributed by atoms with van der Waals surface area (Å²) in [5, 5.41) is 3.24. The fraction of sp³-hybridized carbons (Fsp3) is 0.938. The van der Waals surface area contributed by atoms with Gasteiger partial charge in [0, 0.05) is 36.6 Å². The lowest BCUT2D eigenvalue weighted by atomic mass is 9.86. The lowest BCUT2D eigenvalue weighted by Gasteiger charge is -2.47. The molecule has 3 atom stereocenters. The first-order valence-corrected chi connectivity index (χ1v) is 8.36. The summed E-state index contributed by atoms with van der Waals surface area (Å²) in [6, 6.07) is 0.0481. The molecule has 5 heteroatoms. The number of carbonyl (C=O) groups is 1. The van der Waals surface area contributed by atoms with E-state index < -0.39 is 0 Å². The minimum Gasteiger partial charge on any atom is -0.379 e. The van der Waals surface area contributed by atoms with E-state index in [0.717, 1.165) is 26.3 Å². The number of amides is 1. The van der Waals surface area contributed by atoms with Crippen molar-refractivity contribution >= 4 is 5.91 Å². The second-order valence-corrected chi connectivity index (χ2v) is 6.79. The molecule has 1 aliphatic heterocycles. The number of nitrogens with two attached hydrogens (primary N) is 1. The van der Waals surface area contributed by atoms with Gasteiger partial charge in [-0.1, -0.05) is 19.8 Å². The van der Waals surface area contributed by atoms with Crippen LogP contribution in [0.4, 0.5) is 0 Å². The minimum absolute atomic E-state index is 0.0806. The third kappa shape index (κ3) is 3.58. The van der Waals surface area contributed by atoms with E-state index >= 15 is 0 Å². The summed E-state index contributed by atoms with van der Waals surface area (Å²) < 4.78 is 5.49. The minimum atomic E-state index is -0.143. The molecule has 1 saturated carbocycles. The van der Waals surface area contributed by atoms with Crippen LogP contribution in [0.25, 0.3) is 0 Å². The van der Waals surface area contributed by atoms with Gasteiger partial charge < -0.3 is 15.8 Å². The van der Waals surface area contributed by atoms with Gasteiger partial charge in [-0.2, -0.15) is 0 Å². The second-order valence-electron chi connectivity index (χ2n) is 6.79. The summed E-state index contributed by atoms with van der Waals surface area (Å²) in [5.74, 6) is -0.0624. The Morgan fingerprint density at radius 1 is 1.19 bits per heavy atom. The van der Waals surface area contributed by atoms with Gasteiger partial charge in [0.15, 0.2) is 0 Å². The number of rotatable bonds is 5. The van der Waals surface area contributed by atoms with Crippen LogP contribution in [-0.4, -0.2) is 54.7 Å². The smallest absolute Gasteiger partial charge is 0.224 e. The maximum absolute atomic E-state index is 12.3. The molecule has 5 nitrogen and oxygen atoms in total. The van der Waals surface area contributed by atoms with Crippen LogP contribution in [0.5, 0.6) is 0 Å². The van der Waals surface area contributed by atoms with Gasteiger partial charge >= 0.3 is 0 Å². The van der Waals surface area contributed by atoms with Gasteiger partial charge in [0.1, 0.15) is 0 Å². The first-order valence-electron chi connectivity index (χ1n) is 8.36. The van der Waals surface area contributed by atoms with Crippen LogP contribution in [0, 0.1) is 5.92 Å². The highest BCUT2D eigenvalue weighted by Crippen LogP contribution is 2.38. The molecule has 0 bridgehead atoms. The number of nitrogens with zero attached hydrogens (tertiary/aromatic N) is 1. The van der Waals surface area contributed by atoms with Crippen molar-refractivity contribution in [2.24, 2.45) is 11.7 Å². The summed E-state index contributed by atoms with van der Waals surface area (Å²) in [4.78, 5) is 14.9. The number of nitrogens with one attached hydrogen (secondary N) is 1. The molecule has 1 saturated heterocycles. The van der Waals surface area contributed by atoms with Crippen molar-refractivity contribution in [3.8, 4) is 0 Å². The van der Waals surface area contributed by atoms with Gasteiger partial charge in [0.2, 0.25) is 5.91 Å². The third-order valence-corrected chi connectivity index (χ3v) is 5.48. The van der Waals surface area contributed by atoms with Crippen molar-refractivity contribution < 1.29 is 9.53 Å². The Labute approximate surface area is 128 Å². The highest BCUT2D eigenvalue weighted by molar-refractivity contribution is 5.79. The monoisotopic (exact) mass is 297 g/mol. The number of hydrogen-bond acceptors (Lipinski definition) is 4. The highest BCUT2D eigenvalue weighted by Gasteiger charge is 2.45. The van der Waals surface area contributed by atoms with Gasteiger partial charge in [0.25, 0.3) is 0 Å². The average Bonchev–Trinajstić information content (AvgIpc) is 2.98. The molecule has 2 rings (SSSR count). The van der Waals surface area contributed by atoms with Crippen LogP contribution >= 0.6 is 0 Å². The van der Waals surface area contributed by atoms with Crippen molar-refractivity contribution in [2.75, 3.05) is 26.3 Å². The molecule has 1 amide bonds. The molecule has 1 aliphatic carbocycles. The Morgan fingerprint density at radius 3 is 2.29 bits per heavy atom. The normalized spacial score (nSPS) is 27.0. The standard InChI is InChI=1S/C16H31N3O2/c1-12(13(2)17)15(20)18-14(3)16(6-4-5-7-16)19-8-10-21-11-9-19/h12-14H,4-11,17H2,1-3H3,(H,18,20). The van der Waals surface area contributed by atoms with Gasteiger partial charge in [0.05, 0.1) is 13.2 Å². The molecule has 122 valence electrons. The average molecular weight is 297 g/mol. The summed E-state index contributed by atoms with van der Waals surface area (Å²) in [6.45, 7) is 9.51. The fourth-order valence-corrected chi connectivity index (χ4v) is 3.74. The zero-order chi connectivity index (χ0) is 15.5. The summed E-state index contributed by atoms with van der Waals surface area (Å²) in [5.41, 5.74) is 5.96. The van der Waals surface area contributed by atoms with Gasteiger partial charge in [-0.3, -0.25) is 9.69 Å². The van der Waals surface area contributed by atoms with Gasteiger partial charge in [-0.15, -0.1) is 0 Å². The van der Waals surface area contributed by atoms with E-state index in [9.17, 15) is 4.79 Å². The van der Waals surface area contributed by atoms with E-state index in [0.29, 0.717) is 0 Å². The predicted molar refractivity (Wildman–Crippen MR) is 84.0 cm³/mol. The van der Waals surface area contributed by atoms with Crippen LogP contribution in [0.2, 0.25) is 0 Å². The number of carbonyl (C=O) groups excluding carboxylic acids is 1. The van der Waals surface area contributed by atoms with E-state index in [4.69, 9.17) is 10.5 Å². The molecule has 2 aliphatic rings. The van der Waals surface area contributed by atoms with E-state index in [1.54, 1.807) is 0 Å². The van der Waals surface area contributed by atoms with E-state index in [-0.39, 0.29) is 29.4 Å². The first kappa shape index (κ1) is 16.7. The van der Waals surface area contributed by atoms with E-state index in [1.165, 1.54) is 25.7 Å². The largest absolute Gasteiger partial charge is 0.379 e. The summed E-state index contributed by atoms with van der Waals surface area (Å²) in [6.07, 6.45) is 4.84. The van der Waals surface area contributed by atoms with Crippen molar-refractivity contribution in [2.45, 2.75) is 64.1 Å². The molecule has 0 aromatic rings. The third-order valence-electron chi connectivity index (χ3n) is 5.48. The zero-order valence-corrected chi connectivity index (χ0v) is 13.7. The molecule has 21 heavy (non-hydrogen) atoms. The molecule has 0 spiro atoms. The first-order chi connectivity index (χ1) is 9.97. The van der Waals surface area contributed by atoms with Crippen LogP contribution in [0.3, 0.4) is 0 Å². The van der Waals surface area contributed by atoms with Crippen molar-refractivity contribution in [3.63, 3.8) is 0 Å². The van der Waals surface area contributed by atoms with E-state index in [1.807, 2.05) is 13.8 Å². The lowest BCUT2D eigenvalue weighted by molar-refractivity contribution is -0.127. The maximum Gasteiger partial charge on any atom is 0.224 e. The second kappa shape index (κ2) is 7.07. The zero-order valence-electron chi connectivity index (χ0n) is 13.7. The van der Waals surface area contributed by atoms with Gasteiger partial charge in [-0.25, -0.2) is 0 Å². The van der Waals surface area contributed by atoms with Crippen LogP contribution in [-0.2, 0) is 9.53 Å². The molecule has 3 unspecified atom stereocenters. The van der Waals surface area contributed by atoms with Crippen molar-refractivity contribution in [3.05, 3.63) is 0 Å². The maximum atomic E-state index is 12.3. The Bertz CT molecular complexity index is 347. The summed E-state index contributed by atoms with van der Waals surface area (Å²) >= 11 is 0. The Hall–Kier alpha value is -0.650. The van der Waals surface area contributed by atoms with Crippen LogP contribution in [0.1, 0.15) is 46.5 Å². The molecular weight excluding hydrogens is 266 g/mol. The highest BCUT2D eigenvalue weighted by atomic mass is 16.5. The van der Waals surface area contributed by atoms with Gasteiger partial charge in [-0.05, 0) is 26.7 Å². The van der Waals surface area contributed by atoms with Crippen LogP contribution in [0.15, 0.2) is 0 Å². The predicted octanol–water partition coefficient (Wildman–Crippen LogP) is 1.12. The molecule has 3 N–H and O–H groups in total. The van der Waals surface area contributed by atoms with Crippen LogP contribution < -0.4 is 11.1 Å². The lowest BCUT2D eigenvalue weighted by Crippen LogP contribution is -2.62. The Morgan fingerprint density at radius 2 is 1.76 bits per heavy atom. The number of morpholine rings is 1. The SMILES string of the molecule is CC(N)C(C)C(=O)NC(C)C1(N2CCOCC2)CCCC1. The molecule has 0 radical (unpaired) electrons.